The third kappa shape index (κ3) is 2.50. The summed E-state index contributed by atoms with van der Waals surface area (Å²) in [5, 5.41) is 0.476. The van der Waals surface area contributed by atoms with Crippen LogP contribution in [0.4, 0.5) is 18.9 Å². The van der Waals surface area contributed by atoms with Gasteiger partial charge in [-0.3, -0.25) is 0 Å². The zero-order valence-electron chi connectivity index (χ0n) is 11.2. The molecule has 1 aromatic heterocycles. The first-order valence-corrected chi connectivity index (χ1v) is 6.25. The van der Waals surface area contributed by atoms with Crippen LogP contribution in [-0.4, -0.2) is 11.6 Å². The van der Waals surface area contributed by atoms with Crippen LogP contribution in [0.25, 0.3) is 10.9 Å². The van der Waals surface area contributed by atoms with Gasteiger partial charge in [-0.05, 0) is 19.4 Å². The van der Waals surface area contributed by atoms with Crippen LogP contribution in [0.2, 0.25) is 0 Å². The lowest BCUT2D eigenvalue weighted by molar-refractivity contribution is -0.141. The minimum Gasteiger partial charge on any atom is -0.491 e. The molecule has 20 heavy (non-hydrogen) atoms. The van der Waals surface area contributed by atoms with E-state index in [1.807, 2.05) is 6.92 Å². The van der Waals surface area contributed by atoms with Gasteiger partial charge in [0, 0.05) is 16.6 Å². The summed E-state index contributed by atoms with van der Waals surface area (Å²) in [4.78, 5) is 3.73. The zero-order valence-corrected chi connectivity index (χ0v) is 11.2. The molecular formula is C14H15F3N2O. The number of anilines is 1. The van der Waals surface area contributed by atoms with Crippen LogP contribution in [-0.2, 0) is 6.18 Å². The largest absolute Gasteiger partial charge is 0.491 e. The first kappa shape index (κ1) is 14.4. The number of nitrogens with two attached hydrogens (primary N) is 1. The highest BCUT2D eigenvalue weighted by molar-refractivity contribution is 5.95. The number of aromatic nitrogens is 1. The molecule has 0 saturated heterocycles. The van der Waals surface area contributed by atoms with Crippen LogP contribution in [0.15, 0.2) is 18.2 Å². The monoisotopic (exact) mass is 284 g/mol. The summed E-state index contributed by atoms with van der Waals surface area (Å²) in [6.07, 6.45) is -3.78. The fourth-order valence-electron chi connectivity index (χ4n) is 1.98. The van der Waals surface area contributed by atoms with Crippen LogP contribution < -0.4 is 10.5 Å². The van der Waals surface area contributed by atoms with E-state index >= 15 is 0 Å². The Hall–Kier alpha value is -1.98. The fraction of sp³-hybridized carbons (Fsp3) is 0.357. The lowest BCUT2D eigenvalue weighted by Gasteiger charge is -2.15. The van der Waals surface area contributed by atoms with Crippen molar-refractivity contribution in [2.24, 2.45) is 0 Å². The maximum atomic E-state index is 13.0. The molecule has 0 spiro atoms. The first-order valence-electron chi connectivity index (χ1n) is 6.25. The second-order valence-corrected chi connectivity index (χ2v) is 4.50. The average Bonchev–Trinajstić information content (AvgIpc) is 2.39. The molecule has 0 aliphatic carbocycles. The molecule has 0 radical (unpaired) electrons. The highest BCUT2D eigenvalue weighted by atomic mass is 19.4. The molecule has 0 fully saturated rings. The standard InChI is InChI=1S/C14H15F3N2O/c1-3-7-20-10-6-4-5-9-11(18)8(2)13(14(15,16)17)19-12(9)10/h4-6H,3,7H2,1-2H3,(H2,18,19). The Balaban J connectivity index is 2.72. The molecule has 2 aromatic rings. The first-order chi connectivity index (χ1) is 9.36. The van der Waals surface area contributed by atoms with Crippen molar-refractivity contribution in [1.29, 1.82) is 0 Å². The maximum absolute atomic E-state index is 13.0. The van der Waals surface area contributed by atoms with Crippen LogP contribution in [0.3, 0.4) is 0 Å². The second kappa shape index (κ2) is 5.19. The Labute approximate surface area is 114 Å². The fourth-order valence-corrected chi connectivity index (χ4v) is 1.98. The number of ether oxygens (including phenoxy) is 1. The summed E-state index contributed by atoms with van der Waals surface area (Å²) >= 11 is 0. The van der Waals surface area contributed by atoms with Crippen LogP contribution in [0, 0.1) is 6.92 Å². The van der Waals surface area contributed by atoms with Crippen molar-refractivity contribution in [3.63, 3.8) is 0 Å². The van der Waals surface area contributed by atoms with E-state index in [-0.39, 0.29) is 16.8 Å². The number of para-hydroxylation sites is 1. The predicted molar refractivity (Wildman–Crippen MR) is 71.7 cm³/mol. The van der Waals surface area contributed by atoms with E-state index in [4.69, 9.17) is 10.5 Å². The van der Waals surface area contributed by atoms with Crippen molar-refractivity contribution in [3.8, 4) is 5.75 Å². The number of rotatable bonds is 3. The summed E-state index contributed by atoms with van der Waals surface area (Å²) in [5.74, 6) is 0.321. The van der Waals surface area contributed by atoms with Gasteiger partial charge in [0.1, 0.15) is 17.0 Å². The SMILES string of the molecule is CCCOc1cccc2c(N)c(C)c(C(F)(F)F)nc12. The van der Waals surface area contributed by atoms with Crippen LogP contribution >= 0.6 is 0 Å². The van der Waals surface area contributed by atoms with Gasteiger partial charge in [-0.1, -0.05) is 19.1 Å². The van der Waals surface area contributed by atoms with E-state index in [2.05, 4.69) is 4.98 Å². The number of pyridine rings is 1. The molecule has 1 aromatic carbocycles. The number of benzene rings is 1. The molecule has 0 amide bonds. The third-order valence-electron chi connectivity index (χ3n) is 3.00. The highest BCUT2D eigenvalue weighted by Crippen LogP contribution is 2.38. The van der Waals surface area contributed by atoms with Gasteiger partial charge in [0.25, 0.3) is 0 Å². The number of halogens is 3. The van der Waals surface area contributed by atoms with Crippen LogP contribution in [0.1, 0.15) is 24.6 Å². The second-order valence-electron chi connectivity index (χ2n) is 4.50. The van der Waals surface area contributed by atoms with Gasteiger partial charge in [-0.25, -0.2) is 4.98 Å². The predicted octanol–water partition coefficient (Wildman–Crippen LogP) is 3.93. The van der Waals surface area contributed by atoms with Gasteiger partial charge in [0.2, 0.25) is 0 Å². The van der Waals surface area contributed by atoms with E-state index in [0.29, 0.717) is 17.7 Å². The van der Waals surface area contributed by atoms with Crippen LogP contribution in [0.5, 0.6) is 5.75 Å². The maximum Gasteiger partial charge on any atom is 0.433 e. The molecule has 1 heterocycles. The number of fused-ring (bicyclic) bond motifs is 1. The van der Waals surface area contributed by atoms with Crippen molar-refractivity contribution in [2.75, 3.05) is 12.3 Å². The van der Waals surface area contributed by atoms with Crippen molar-refractivity contribution in [1.82, 2.24) is 4.98 Å². The summed E-state index contributed by atoms with van der Waals surface area (Å²) in [6, 6.07) is 4.93. The normalized spacial score (nSPS) is 11.8. The number of hydrogen-bond acceptors (Lipinski definition) is 3. The van der Waals surface area contributed by atoms with E-state index in [9.17, 15) is 13.2 Å². The number of nitrogen functional groups attached to an aromatic ring is 1. The Morgan fingerprint density at radius 3 is 2.60 bits per heavy atom. The molecular weight excluding hydrogens is 269 g/mol. The lowest BCUT2D eigenvalue weighted by atomic mass is 10.1. The Morgan fingerprint density at radius 2 is 2.00 bits per heavy atom. The molecule has 0 saturated carbocycles. The lowest BCUT2D eigenvalue weighted by Crippen LogP contribution is -2.13. The van der Waals surface area contributed by atoms with E-state index in [0.717, 1.165) is 6.42 Å². The molecule has 0 bridgehead atoms. The third-order valence-corrected chi connectivity index (χ3v) is 3.00. The van der Waals surface area contributed by atoms with Gasteiger partial charge in [0.15, 0.2) is 0 Å². The molecule has 3 nitrogen and oxygen atoms in total. The summed E-state index contributed by atoms with van der Waals surface area (Å²) in [6.45, 7) is 3.65. The number of alkyl halides is 3. The highest BCUT2D eigenvalue weighted by Gasteiger charge is 2.36. The molecule has 108 valence electrons. The van der Waals surface area contributed by atoms with Crippen molar-refractivity contribution in [3.05, 3.63) is 29.5 Å². The molecule has 2 rings (SSSR count). The molecule has 0 unspecified atom stereocenters. The number of hydrogen-bond donors (Lipinski definition) is 1. The zero-order chi connectivity index (χ0) is 14.9. The van der Waals surface area contributed by atoms with Gasteiger partial charge in [-0.2, -0.15) is 13.2 Å². The molecule has 0 atom stereocenters. The Bertz CT molecular complexity index is 638. The van der Waals surface area contributed by atoms with Crippen molar-refractivity contribution < 1.29 is 17.9 Å². The molecule has 0 aliphatic heterocycles. The molecule has 2 N–H and O–H groups in total. The van der Waals surface area contributed by atoms with Crippen molar-refractivity contribution >= 4 is 16.6 Å². The minimum atomic E-state index is -4.54. The van der Waals surface area contributed by atoms with Crippen molar-refractivity contribution in [2.45, 2.75) is 26.4 Å². The summed E-state index contributed by atoms with van der Waals surface area (Å²) in [5.41, 5.74) is 5.03. The molecule has 6 heteroatoms. The summed E-state index contributed by atoms with van der Waals surface area (Å²) in [7, 11) is 0. The Kier molecular flexibility index (Phi) is 3.74. The average molecular weight is 284 g/mol. The number of nitrogens with zero attached hydrogens (tertiary/aromatic N) is 1. The smallest absolute Gasteiger partial charge is 0.433 e. The molecule has 0 aliphatic rings. The minimum absolute atomic E-state index is 0.0577. The van der Waals surface area contributed by atoms with Gasteiger partial charge in [-0.15, -0.1) is 0 Å². The van der Waals surface area contributed by atoms with E-state index < -0.39 is 11.9 Å². The van der Waals surface area contributed by atoms with Gasteiger partial charge in [0.05, 0.1) is 6.61 Å². The topological polar surface area (TPSA) is 48.1 Å². The summed E-state index contributed by atoms with van der Waals surface area (Å²) < 4.78 is 44.4. The van der Waals surface area contributed by atoms with Gasteiger partial charge >= 0.3 is 6.18 Å². The van der Waals surface area contributed by atoms with E-state index in [1.54, 1.807) is 18.2 Å². The quantitative estimate of drug-likeness (QED) is 0.928. The Morgan fingerprint density at radius 1 is 1.30 bits per heavy atom. The van der Waals surface area contributed by atoms with Gasteiger partial charge < -0.3 is 10.5 Å². The van der Waals surface area contributed by atoms with E-state index in [1.165, 1.54) is 6.92 Å².